The van der Waals surface area contributed by atoms with Crippen molar-refractivity contribution < 1.29 is 0 Å². The fourth-order valence-electron chi connectivity index (χ4n) is 1.63. The minimum atomic E-state index is 0.515. The number of hydrogen-bond donors (Lipinski definition) is 1. The van der Waals surface area contributed by atoms with E-state index in [9.17, 15) is 0 Å². The molecule has 2 nitrogen and oxygen atoms in total. The summed E-state index contributed by atoms with van der Waals surface area (Å²) in [6, 6.07) is 9.00. The maximum Gasteiger partial charge on any atom is 0.0396 e. The standard InChI is InChI=1S/C12H20N2/c1-10-7-5-6-8-12(10)14(4)11(2)9-13-3/h5-8,11,13H,9H2,1-4H3. The van der Waals surface area contributed by atoms with E-state index in [0.717, 1.165) is 6.54 Å². The van der Waals surface area contributed by atoms with Crippen LogP contribution in [0.1, 0.15) is 12.5 Å². The SMILES string of the molecule is CNCC(C)N(C)c1ccccc1C. The zero-order chi connectivity index (χ0) is 10.6. The highest BCUT2D eigenvalue weighted by Crippen LogP contribution is 2.19. The van der Waals surface area contributed by atoms with Gasteiger partial charge < -0.3 is 10.2 Å². The van der Waals surface area contributed by atoms with Crippen LogP contribution in [0.5, 0.6) is 0 Å². The third-order valence-corrected chi connectivity index (χ3v) is 2.66. The van der Waals surface area contributed by atoms with Gasteiger partial charge in [0.2, 0.25) is 0 Å². The minimum absolute atomic E-state index is 0.515. The highest BCUT2D eigenvalue weighted by molar-refractivity contribution is 5.52. The number of benzene rings is 1. The van der Waals surface area contributed by atoms with Crippen LogP contribution in [0.15, 0.2) is 24.3 Å². The second-order valence-corrected chi connectivity index (χ2v) is 3.80. The van der Waals surface area contributed by atoms with E-state index in [0.29, 0.717) is 6.04 Å². The quantitative estimate of drug-likeness (QED) is 0.785. The third kappa shape index (κ3) is 2.48. The molecule has 0 bridgehead atoms. The van der Waals surface area contributed by atoms with Crippen LogP contribution >= 0.6 is 0 Å². The van der Waals surface area contributed by atoms with Gasteiger partial charge in [-0.25, -0.2) is 0 Å². The molecule has 1 N–H and O–H groups in total. The average Bonchev–Trinajstić information content (AvgIpc) is 2.18. The maximum absolute atomic E-state index is 3.20. The molecule has 0 saturated heterocycles. The Kier molecular flexibility index (Phi) is 3.96. The molecule has 0 aromatic heterocycles. The zero-order valence-corrected chi connectivity index (χ0v) is 9.54. The molecule has 0 aliphatic carbocycles. The monoisotopic (exact) mass is 192 g/mol. The van der Waals surface area contributed by atoms with E-state index in [1.807, 2.05) is 7.05 Å². The first kappa shape index (κ1) is 11.1. The van der Waals surface area contributed by atoms with Gasteiger partial charge in [-0.05, 0) is 32.5 Å². The molecule has 2 heteroatoms. The predicted molar refractivity (Wildman–Crippen MR) is 63.0 cm³/mol. The number of nitrogens with one attached hydrogen (secondary N) is 1. The van der Waals surface area contributed by atoms with Gasteiger partial charge in [0.1, 0.15) is 0 Å². The highest BCUT2D eigenvalue weighted by atomic mass is 15.1. The molecule has 0 amide bonds. The Balaban J connectivity index is 2.78. The Bertz CT molecular complexity index is 283. The van der Waals surface area contributed by atoms with Gasteiger partial charge in [0, 0.05) is 25.3 Å². The first-order chi connectivity index (χ1) is 6.66. The zero-order valence-electron chi connectivity index (χ0n) is 9.54. The number of nitrogens with zero attached hydrogens (tertiary/aromatic N) is 1. The molecule has 0 aliphatic heterocycles. The Morgan fingerprint density at radius 2 is 2.00 bits per heavy atom. The molecule has 1 unspecified atom stereocenters. The van der Waals surface area contributed by atoms with Gasteiger partial charge in [0.15, 0.2) is 0 Å². The van der Waals surface area contributed by atoms with Crippen molar-refractivity contribution in [1.82, 2.24) is 5.32 Å². The van der Waals surface area contributed by atoms with E-state index in [1.165, 1.54) is 11.3 Å². The van der Waals surface area contributed by atoms with Crippen molar-refractivity contribution in [3.05, 3.63) is 29.8 Å². The van der Waals surface area contributed by atoms with Gasteiger partial charge in [0.25, 0.3) is 0 Å². The van der Waals surface area contributed by atoms with Crippen LogP contribution in [-0.2, 0) is 0 Å². The van der Waals surface area contributed by atoms with E-state index < -0.39 is 0 Å². The molecule has 1 rings (SSSR count). The highest BCUT2D eigenvalue weighted by Gasteiger charge is 2.09. The molecule has 0 aliphatic rings. The molecule has 1 aromatic rings. The summed E-state index contributed by atoms with van der Waals surface area (Å²) in [4.78, 5) is 2.31. The number of hydrogen-bond acceptors (Lipinski definition) is 2. The van der Waals surface area contributed by atoms with Crippen LogP contribution in [0.2, 0.25) is 0 Å². The molecular weight excluding hydrogens is 172 g/mol. The van der Waals surface area contributed by atoms with E-state index >= 15 is 0 Å². The van der Waals surface area contributed by atoms with Crippen molar-refractivity contribution >= 4 is 5.69 Å². The van der Waals surface area contributed by atoms with Crippen LogP contribution in [0, 0.1) is 6.92 Å². The summed E-state index contributed by atoms with van der Waals surface area (Å²) in [5, 5.41) is 3.20. The van der Waals surface area contributed by atoms with Gasteiger partial charge >= 0.3 is 0 Å². The van der Waals surface area contributed by atoms with Crippen molar-refractivity contribution in [3.8, 4) is 0 Å². The van der Waals surface area contributed by atoms with E-state index in [-0.39, 0.29) is 0 Å². The number of likely N-dealkylation sites (N-methyl/N-ethyl adjacent to an activating group) is 2. The van der Waals surface area contributed by atoms with Crippen molar-refractivity contribution in [1.29, 1.82) is 0 Å². The lowest BCUT2D eigenvalue weighted by Gasteiger charge is -2.28. The topological polar surface area (TPSA) is 15.3 Å². The summed E-state index contributed by atoms with van der Waals surface area (Å²) in [5.74, 6) is 0. The largest absolute Gasteiger partial charge is 0.370 e. The minimum Gasteiger partial charge on any atom is -0.370 e. The fourth-order valence-corrected chi connectivity index (χ4v) is 1.63. The predicted octanol–water partition coefficient (Wildman–Crippen LogP) is 2.04. The number of rotatable bonds is 4. The Labute approximate surface area is 86.9 Å². The summed E-state index contributed by atoms with van der Waals surface area (Å²) in [6.07, 6.45) is 0. The van der Waals surface area contributed by atoms with Gasteiger partial charge in [0.05, 0.1) is 0 Å². The molecule has 0 spiro atoms. The fraction of sp³-hybridized carbons (Fsp3) is 0.500. The summed E-state index contributed by atoms with van der Waals surface area (Å²) >= 11 is 0. The molecule has 1 atom stereocenters. The summed E-state index contributed by atoms with van der Waals surface area (Å²) in [7, 11) is 4.13. The summed E-state index contributed by atoms with van der Waals surface area (Å²) in [5.41, 5.74) is 2.65. The third-order valence-electron chi connectivity index (χ3n) is 2.66. The van der Waals surface area contributed by atoms with Crippen LogP contribution < -0.4 is 10.2 Å². The second kappa shape index (κ2) is 5.01. The van der Waals surface area contributed by atoms with E-state index in [2.05, 4.69) is 55.4 Å². The van der Waals surface area contributed by atoms with Crippen molar-refractivity contribution in [3.63, 3.8) is 0 Å². The van der Waals surface area contributed by atoms with Gasteiger partial charge in [-0.1, -0.05) is 18.2 Å². The van der Waals surface area contributed by atoms with Gasteiger partial charge in [-0.3, -0.25) is 0 Å². The molecule has 78 valence electrons. The van der Waals surface area contributed by atoms with E-state index in [4.69, 9.17) is 0 Å². The van der Waals surface area contributed by atoms with E-state index in [1.54, 1.807) is 0 Å². The number of aryl methyl sites for hydroxylation is 1. The molecule has 0 saturated carbocycles. The molecule has 1 aromatic carbocycles. The molecule has 0 fully saturated rings. The van der Waals surface area contributed by atoms with Gasteiger partial charge in [-0.15, -0.1) is 0 Å². The smallest absolute Gasteiger partial charge is 0.0396 e. The van der Waals surface area contributed by atoms with Gasteiger partial charge in [-0.2, -0.15) is 0 Å². The van der Waals surface area contributed by atoms with Crippen molar-refractivity contribution in [2.45, 2.75) is 19.9 Å². The molecule has 0 radical (unpaired) electrons. The van der Waals surface area contributed by atoms with Crippen LogP contribution in [0.25, 0.3) is 0 Å². The first-order valence-corrected chi connectivity index (χ1v) is 5.10. The summed E-state index contributed by atoms with van der Waals surface area (Å²) < 4.78 is 0. The van der Waals surface area contributed by atoms with Crippen molar-refractivity contribution in [2.24, 2.45) is 0 Å². The molecule has 0 heterocycles. The Morgan fingerprint density at radius 3 is 2.57 bits per heavy atom. The van der Waals surface area contributed by atoms with Crippen LogP contribution in [0.4, 0.5) is 5.69 Å². The maximum atomic E-state index is 3.20. The average molecular weight is 192 g/mol. The normalized spacial score (nSPS) is 12.6. The van der Waals surface area contributed by atoms with Crippen LogP contribution in [0.3, 0.4) is 0 Å². The lowest BCUT2D eigenvalue weighted by Crippen LogP contribution is -2.37. The Hall–Kier alpha value is -1.02. The molecular formula is C12H20N2. The number of anilines is 1. The lowest BCUT2D eigenvalue weighted by atomic mass is 10.1. The second-order valence-electron chi connectivity index (χ2n) is 3.80. The number of para-hydroxylation sites is 1. The first-order valence-electron chi connectivity index (χ1n) is 5.10. The Morgan fingerprint density at radius 1 is 1.36 bits per heavy atom. The van der Waals surface area contributed by atoms with Crippen LogP contribution in [-0.4, -0.2) is 26.7 Å². The van der Waals surface area contributed by atoms with Crippen molar-refractivity contribution in [2.75, 3.05) is 25.5 Å². The lowest BCUT2D eigenvalue weighted by molar-refractivity contribution is 0.629. The summed E-state index contributed by atoms with van der Waals surface area (Å²) in [6.45, 7) is 5.38. The molecule has 14 heavy (non-hydrogen) atoms.